The van der Waals surface area contributed by atoms with Crippen molar-refractivity contribution in [2.24, 2.45) is 17.6 Å². The highest BCUT2D eigenvalue weighted by Gasteiger charge is 2.31. The molecule has 11 nitrogen and oxygen atoms in total. The van der Waals surface area contributed by atoms with Crippen LogP contribution < -0.4 is 21.7 Å². The molecule has 0 aliphatic carbocycles. The zero-order valence-electron chi connectivity index (χ0n) is 21.7. The van der Waals surface area contributed by atoms with E-state index < -0.39 is 47.9 Å². The molecule has 0 aliphatic heterocycles. The van der Waals surface area contributed by atoms with Crippen LogP contribution in [0.1, 0.15) is 45.4 Å². The molecule has 1 heterocycles. The van der Waals surface area contributed by atoms with Gasteiger partial charge in [-0.3, -0.25) is 14.4 Å². The minimum absolute atomic E-state index is 0.00774. The molecule has 202 valence electrons. The number of carboxylic acids is 1. The first-order chi connectivity index (χ1) is 17.5. The van der Waals surface area contributed by atoms with Crippen molar-refractivity contribution in [3.8, 4) is 0 Å². The third-order valence-electron chi connectivity index (χ3n) is 5.87. The Morgan fingerprint density at radius 1 is 0.892 bits per heavy atom. The number of H-pyrrole nitrogens is 1. The highest BCUT2D eigenvalue weighted by molar-refractivity contribution is 5.94. The number of aliphatic carboxylic acids is 1. The first-order valence-electron chi connectivity index (χ1n) is 12.4. The largest absolute Gasteiger partial charge is 0.480 e. The predicted molar refractivity (Wildman–Crippen MR) is 138 cm³/mol. The first kappa shape index (κ1) is 29.5. The van der Waals surface area contributed by atoms with Gasteiger partial charge in [0.15, 0.2) is 0 Å². The van der Waals surface area contributed by atoms with Crippen LogP contribution in [0.25, 0.3) is 0 Å². The van der Waals surface area contributed by atoms with Gasteiger partial charge >= 0.3 is 5.97 Å². The second kappa shape index (κ2) is 14.1. The average molecular weight is 515 g/mol. The van der Waals surface area contributed by atoms with Crippen LogP contribution in [-0.2, 0) is 32.0 Å². The molecule has 2 rings (SSSR count). The van der Waals surface area contributed by atoms with Crippen molar-refractivity contribution < 1.29 is 24.3 Å². The first-order valence-corrected chi connectivity index (χ1v) is 12.4. The molecule has 0 spiro atoms. The molecule has 0 bridgehead atoms. The maximum Gasteiger partial charge on any atom is 0.326 e. The number of aromatic amines is 1. The summed E-state index contributed by atoms with van der Waals surface area (Å²) in [6.45, 7) is 7.44. The van der Waals surface area contributed by atoms with Gasteiger partial charge in [0.05, 0.1) is 12.4 Å². The van der Waals surface area contributed by atoms with E-state index in [-0.39, 0.29) is 24.7 Å². The minimum atomic E-state index is -1.24. The third kappa shape index (κ3) is 9.68. The minimum Gasteiger partial charge on any atom is -0.480 e. The molecular weight excluding hydrogens is 476 g/mol. The fraction of sp³-hybridized carbons (Fsp3) is 0.500. The SMILES string of the molecule is CC(C)CC(NC(=O)C(N)C(C)C)C(=O)NC(Cc1ccccc1)C(=O)NC(Cc1cnc[nH]1)C(=O)O. The van der Waals surface area contributed by atoms with E-state index in [1.54, 1.807) is 24.3 Å². The number of nitrogens with zero attached hydrogens (tertiary/aromatic N) is 1. The number of benzene rings is 1. The average Bonchev–Trinajstić information content (AvgIpc) is 3.35. The Bertz CT molecular complexity index is 1030. The highest BCUT2D eigenvalue weighted by Crippen LogP contribution is 2.10. The number of nitrogens with two attached hydrogens (primary N) is 1. The smallest absolute Gasteiger partial charge is 0.326 e. The molecule has 37 heavy (non-hydrogen) atoms. The van der Waals surface area contributed by atoms with Gasteiger partial charge in [0.1, 0.15) is 18.1 Å². The normalized spacial score (nSPS) is 14.5. The fourth-order valence-corrected chi connectivity index (χ4v) is 3.69. The van der Waals surface area contributed by atoms with E-state index in [1.807, 2.05) is 33.8 Å². The number of aromatic nitrogens is 2. The van der Waals surface area contributed by atoms with Gasteiger partial charge in [0.2, 0.25) is 17.7 Å². The second-order valence-electron chi connectivity index (χ2n) is 9.89. The van der Waals surface area contributed by atoms with Gasteiger partial charge in [-0.15, -0.1) is 0 Å². The van der Waals surface area contributed by atoms with E-state index >= 15 is 0 Å². The van der Waals surface area contributed by atoms with Gasteiger partial charge in [0.25, 0.3) is 0 Å². The van der Waals surface area contributed by atoms with Crippen LogP contribution in [0, 0.1) is 11.8 Å². The van der Waals surface area contributed by atoms with Gasteiger partial charge in [0, 0.05) is 24.7 Å². The molecule has 4 unspecified atom stereocenters. The monoisotopic (exact) mass is 514 g/mol. The van der Waals surface area contributed by atoms with Crippen LogP contribution in [0.5, 0.6) is 0 Å². The zero-order valence-corrected chi connectivity index (χ0v) is 21.7. The molecule has 2 aromatic rings. The van der Waals surface area contributed by atoms with E-state index in [1.165, 1.54) is 12.5 Å². The van der Waals surface area contributed by atoms with E-state index in [0.717, 1.165) is 5.56 Å². The molecule has 1 aromatic heterocycles. The van der Waals surface area contributed by atoms with Crippen LogP contribution in [-0.4, -0.2) is 62.9 Å². The molecule has 11 heteroatoms. The zero-order chi connectivity index (χ0) is 27.5. The van der Waals surface area contributed by atoms with Gasteiger partial charge < -0.3 is 31.8 Å². The topological polar surface area (TPSA) is 179 Å². The second-order valence-corrected chi connectivity index (χ2v) is 9.89. The molecule has 0 aliphatic rings. The lowest BCUT2D eigenvalue weighted by molar-refractivity contribution is -0.142. The fourth-order valence-electron chi connectivity index (χ4n) is 3.69. The van der Waals surface area contributed by atoms with Gasteiger partial charge in [-0.2, -0.15) is 0 Å². The van der Waals surface area contributed by atoms with Crippen molar-refractivity contribution in [2.75, 3.05) is 0 Å². The number of amides is 3. The summed E-state index contributed by atoms with van der Waals surface area (Å²) in [5, 5.41) is 17.6. The summed E-state index contributed by atoms with van der Waals surface area (Å²) >= 11 is 0. The molecule has 7 N–H and O–H groups in total. The van der Waals surface area contributed by atoms with Crippen molar-refractivity contribution in [3.63, 3.8) is 0 Å². The number of carbonyl (C=O) groups is 4. The Morgan fingerprint density at radius 3 is 2.03 bits per heavy atom. The van der Waals surface area contributed by atoms with Crippen LogP contribution >= 0.6 is 0 Å². The number of rotatable bonds is 14. The standard InChI is InChI=1S/C26H38N6O5/c1-15(2)10-19(31-25(35)22(27)16(3)4)23(33)30-20(11-17-8-6-5-7-9-17)24(34)32-21(26(36)37)12-18-13-28-14-29-18/h5-9,13-16,19-22H,10-12,27H2,1-4H3,(H,28,29)(H,30,33)(H,31,35)(H,32,34)(H,36,37). The van der Waals surface area contributed by atoms with Crippen molar-refractivity contribution in [2.45, 2.75) is 71.1 Å². The molecule has 1 aromatic carbocycles. The molecular formula is C26H38N6O5. The van der Waals surface area contributed by atoms with Crippen LogP contribution in [0.15, 0.2) is 42.9 Å². The molecule has 0 fully saturated rings. The summed E-state index contributed by atoms with van der Waals surface area (Å²) in [4.78, 5) is 57.7. The lowest BCUT2D eigenvalue weighted by Gasteiger charge is -2.26. The summed E-state index contributed by atoms with van der Waals surface area (Å²) in [6, 6.07) is 5.03. The summed E-state index contributed by atoms with van der Waals surface area (Å²) in [7, 11) is 0. The Hall–Kier alpha value is -3.73. The van der Waals surface area contributed by atoms with Crippen LogP contribution in [0.2, 0.25) is 0 Å². The summed E-state index contributed by atoms with van der Waals surface area (Å²) in [5.41, 5.74) is 7.27. The van der Waals surface area contributed by atoms with Crippen LogP contribution in [0.4, 0.5) is 0 Å². The maximum absolute atomic E-state index is 13.3. The number of hydrogen-bond acceptors (Lipinski definition) is 6. The van der Waals surface area contributed by atoms with E-state index in [2.05, 4.69) is 25.9 Å². The number of hydrogen-bond donors (Lipinski definition) is 6. The van der Waals surface area contributed by atoms with Crippen LogP contribution in [0.3, 0.4) is 0 Å². The summed E-state index contributed by atoms with van der Waals surface area (Å²) in [6.07, 6.45) is 3.35. The predicted octanol–water partition coefficient (Wildman–Crippen LogP) is 0.763. The number of imidazole rings is 1. The van der Waals surface area contributed by atoms with Gasteiger partial charge in [-0.05, 0) is 23.8 Å². The molecule has 4 atom stereocenters. The number of nitrogens with one attached hydrogen (secondary N) is 4. The lowest BCUT2D eigenvalue weighted by atomic mass is 9.99. The third-order valence-corrected chi connectivity index (χ3v) is 5.87. The molecule has 3 amide bonds. The molecule has 0 saturated heterocycles. The Kier molecular flexibility index (Phi) is 11.3. The maximum atomic E-state index is 13.3. The summed E-state index contributed by atoms with van der Waals surface area (Å²) in [5.74, 6) is -2.93. The molecule has 0 saturated carbocycles. The van der Waals surface area contributed by atoms with Gasteiger partial charge in [-0.1, -0.05) is 58.0 Å². The number of carboxylic acid groups (broad SMARTS) is 1. The van der Waals surface area contributed by atoms with E-state index in [0.29, 0.717) is 12.1 Å². The number of carbonyl (C=O) groups excluding carboxylic acids is 3. The van der Waals surface area contributed by atoms with Crippen molar-refractivity contribution in [1.29, 1.82) is 0 Å². The summed E-state index contributed by atoms with van der Waals surface area (Å²) < 4.78 is 0. The highest BCUT2D eigenvalue weighted by atomic mass is 16.4. The Balaban J connectivity index is 2.23. The quantitative estimate of drug-likeness (QED) is 0.215. The Morgan fingerprint density at radius 2 is 1.49 bits per heavy atom. The lowest BCUT2D eigenvalue weighted by Crippen LogP contribution is -2.58. The van der Waals surface area contributed by atoms with E-state index in [9.17, 15) is 24.3 Å². The Labute approximate surface area is 217 Å². The van der Waals surface area contributed by atoms with Crippen molar-refractivity contribution >= 4 is 23.7 Å². The van der Waals surface area contributed by atoms with Gasteiger partial charge in [-0.25, -0.2) is 9.78 Å². The molecule has 0 radical (unpaired) electrons. The van der Waals surface area contributed by atoms with E-state index in [4.69, 9.17) is 5.73 Å². The van der Waals surface area contributed by atoms with Crippen molar-refractivity contribution in [1.82, 2.24) is 25.9 Å². The van der Waals surface area contributed by atoms with Crippen molar-refractivity contribution in [3.05, 3.63) is 54.1 Å².